The average molecular weight is 420 g/mol. The van der Waals surface area contributed by atoms with Gasteiger partial charge in [-0.25, -0.2) is 9.37 Å². The number of amides is 1. The summed E-state index contributed by atoms with van der Waals surface area (Å²) in [5.41, 5.74) is 3.71. The third kappa shape index (κ3) is 3.48. The van der Waals surface area contributed by atoms with Crippen LogP contribution in [0.2, 0.25) is 0 Å². The van der Waals surface area contributed by atoms with Gasteiger partial charge in [0, 0.05) is 36.3 Å². The fraction of sp³-hybridized carbons (Fsp3) is 0.375. The standard InChI is InChI=1S/C24H26FN5O/c1-16(2)30-20-13-17(24(31)28-11-5-3-4-6-12-28)7-9-19(20)23(27-30)21-14-26-22-10-8-18(25)15-29(21)22/h7-10,13-16H,3-6,11-12H2,1-2H3. The monoisotopic (exact) mass is 419 g/mol. The Bertz CT molecular complexity index is 1260. The number of aromatic nitrogens is 4. The first kappa shape index (κ1) is 19.7. The number of benzene rings is 1. The summed E-state index contributed by atoms with van der Waals surface area (Å²) in [7, 11) is 0. The molecule has 1 aliphatic rings. The molecular formula is C24H26FN5O. The molecule has 0 atom stereocenters. The molecule has 1 saturated heterocycles. The van der Waals surface area contributed by atoms with Crippen molar-refractivity contribution in [3.05, 3.63) is 54.1 Å². The van der Waals surface area contributed by atoms with E-state index in [1.807, 2.05) is 27.8 Å². The highest BCUT2D eigenvalue weighted by Crippen LogP contribution is 2.31. The Kier molecular flexibility index (Phi) is 4.96. The lowest BCUT2D eigenvalue weighted by Crippen LogP contribution is -2.31. The van der Waals surface area contributed by atoms with Crippen LogP contribution in [0, 0.1) is 5.82 Å². The normalized spacial score (nSPS) is 15.2. The zero-order chi connectivity index (χ0) is 21.5. The van der Waals surface area contributed by atoms with Crippen molar-refractivity contribution in [2.24, 2.45) is 0 Å². The summed E-state index contributed by atoms with van der Waals surface area (Å²) < 4.78 is 17.5. The molecule has 0 bridgehead atoms. The highest BCUT2D eigenvalue weighted by atomic mass is 19.1. The summed E-state index contributed by atoms with van der Waals surface area (Å²) in [6.45, 7) is 5.76. The van der Waals surface area contributed by atoms with Crippen molar-refractivity contribution in [2.45, 2.75) is 45.6 Å². The number of imidazole rings is 1. The number of carbonyl (C=O) groups is 1. The molecule has 4 aromatic rings. The molecular weight excluding hydrogens is 393 g/mol. The number of nitrogens with zero attached hydrogens (tertiary/aromatic N) is 5. The smallest absolute Gasteiger partial charge is 0.253 e. The quantitative estimate of drug-likeness (QED) is 0.465. The van der Waals surface area contributed by atoms with Crippen molar-refractivity contribution < 1.29 is 9.18 Å². The van der Waals surface area contributed by atoms with E-state index in [0.717, 1.165) is 48.2 Å². The van der Waals surface area contributed by atoms with Crippen LogP contribution in [0.25, 0.3) is 27.9 Å². The highest BCUT2D eigenvalue weighted by molar-refractivity contribution is 6.01. The largest absolute Gasteiger partial charge is 0.339 e. The van der Waals surface area contributed by atoms with Crippen LogP contribution in [0.4, 0.5) is 4.39 Å². The number of carbonyl (C=O) groups excluding carboxylic acids is 1. The Labute approximate surface area is 180 Å². The predicted octanol–water partition coefficient (Wildman–Crippen LogP) is 5.09. The minimum absolute atomic E-state index is 0.0822. The van der Waals surface area contributed by atoms with Crippen LogP contribution in [0.5, 0.6) is 0 Å². The number of rotatable bonds is 3. The lowest BCUT2D eigenvalue weighted by molar-refractivity contribution is 0.0762. The Morgan fingerprint density at radius 1 is 1.06 bits per heavy atom. The second-order valence-corrected chi connectivity index (χ2v) is 8.54. The van der Waals surface area contributed by atoms with Crippen molar-refractivity contribution >= 4 is 22.5 Å². The zero-order valence-electron chi connectivity index (χ0n) is 17.9. The summed E-state index contributed by atoms with van der Waals surface area (Å²) in [5, 5.41) is 5.77. The second kappa shape index (κ2) is 7.80. The van der Waals surface area contributed by atoms with Gasteiger partial charge in [-0.15, -0.1) is 0 Å². The average Bonchev–Trinajstić information content (AvgIpc) is 3.22. The first-order valence-electron chi connectivity index (χ1n) is 11.0. The van der Waals surface area contributed by atoms with Crippen LogP contribution in [-0.2, 0) is 0 Å². The van der Waals surface area contributed by atoms with Gasteiger partial charge in [0.15, 0.2) is 0 Å². The minimum atomic E-state index is -0.329. The Morgan fingerprint density at radius 3 is 2.58 bits per heavy atom. The molecule has 0 radical (unpaired) electrons. The molecule has 1 aromatic carbocycles. The van der Waals surface area contributed by atoms with E-state index in [-0.39, 0.29) is 17.8 Å². The first-order chi connectivity index (χ1) is 15.0. The fourth-order valence-corrected chi connectivity index (χ4v) is 4.44. The lowest BCUT2D eigenvalue weighted by Gasteiger charge is -2.20. The Morgan fingerprint density at radius 2 is 1.84 bits per heavy atom. The topological polar surface area (TPSA) is 55.4 Å². The van der Waals surface area contributed by atoms with Gasteiger partial charge in [0.25, 0.3) is 5.91 Å². The van der Waals surface area contributed by atoms with Crippen LogP contribution in [-0.4, -0.2) is 43.1 Å². The molecule has 31 heavy (non-hydrogen) atoms. The molecule has 3 aromatic heterocycles. The molecule has 1 fully saturated rings. The molecule has 5 rings (SSSR count). The SMILES string of the molecule is CC(C)n1nc(-c2cnc3ccc(F)cn23)c2ccc(C(=O)N3CCCCCC3)cc21. The summed E-state index contributed by atoms with van der Waals surface area (Å²) >= 11 is 0. The Balaban J connectivity index is 1.63. The van der Waals surface area contributed by atoms with Crippen molar-refractivity contribution in [1.29, 1.82) is 0 Å². The molecule has 0 N–H and O–H groups in total. The van der Waals surface area contributed by atoms with Crippen LogP contribution >= 0.6 is 0 Å². The number of hydrogen-bond acceptors (Lipinski definition) is 3. The van der Waals surface area contributed by atoms with Gasteiger partial charge in [-0.3, -0.25) is 13.9 Å². The summed E-state index contributed by atoms with van der Waals surface area (Å²) in [5.74, 6) is -0.247. The van der Waals surface area contributed by atoms with Crippen molar-refractivity contribution in [1.82, 2.24) is 24.1 Å². The maximum atomic E-state index is 13.9. The highest BCUT2D eigenvalue weighted by Gasteiger charge is 2.22. The maximum Gasteiger partial charge on any atom is 0.253 e. The minimum Gasteiger partial charge on any atom is -0.339 e. The molecule has 0 saturated carbocycles. The van der Waals surface area contributed by atoms with Gasteiger partial charge in [-0.1, -0.05) is 12.8 Å². The van der Waals surface area contributed by atoms with Crippen LogP contribution in [0.15, 0.2) is 42.7 Å². The van der Waals surface area contributed by atoms with E-state index in [9.17, 15) is 9.18 Å². The number of likely N-dealkylation sites (tertiary alicyclic amines) is 1. The molecule has 160 valence electrons. The van der Waals surface area contributed by atoms with Gasteiger partial charge in [-0.05, 0) is 57.0 Å². The predicted molar refractivity (Wildman–Crippen MR) is 119 cm³/mol. The van der Waals surface area contributed by atoms with E-state index in [1.54, 1.807) is 16.7 Å². The summed E-state index contributed by atoms with van der Waals surface area (Å²) in [6, 6.07) is 8.95. The van der Waals surface area contributed by atoms with Crippen LogP contribution < -0.4 is 0 Å². The second-order valence-electron chi connectivity index (χ2n) is 8.54. The number of halogens is 1. The molecule has 1 amide bonds. The number of hydrogen-bond donors (Lipinski definition) is 0. The fourth-order valence-electron chi connectivity index (χ4n) is 4.44. The lowest BCUT2D eigenvalue weighted by atomic mass is 10.1. The van der Waals surface area contributed by atoms with E-state index in [0.29, 0.717) is 11.2 Å². The molecule has 0 unspecified atom stereocenters. The summed E-state index contributed by atoms with van der Waals surface area (Å²) in [4.78, 5) is 19.5. The van der Waals surface area contributed by atoms with Gasteiger partial charge in [0.05, 0.1) is 17.4 Å². The van der Waals surface area contributed by atoms with Gasteiger partial charge >= 0.3 is 0 Å². The first-order valence-corrected chi connectivity index (χ1v) is 11.0. The molecule has 0 aliphatic carbocycles. The molecule has 4 heterocycles. The van der Waals surface area contributed by atoms with Crippen LogP contribution in [0.1, 0.15) is 55.9 Å². The zero-order valence-corrected chi connectivity index (χ0v) is 17.9. The molecule has 1 aliphatic heterocycles. The van der Waals surface area contributed by atoms with E-state index < -0.39 is 0 Å². The summed E-state index contributed by atoms with van der Waals surface area (Å²) in [6.07, 6.45) is 7.64. The van der Waals surface area contributed by atoms with E-state index in [2.05, 4.69) is 18.8 Å². The van der Waals surface area contributed by atoms with E-state index in [1.165, 1.54) is 25.1 Å². The number of fused-ring (bicyclic) bond motifs is 2. The van der Waals surface area contributed by atoms with Crippen LogP contribution in [0.3, 0.4) is 0 Å². The third-order valence-corrected chi connectivity index (χ3v) is 6.05. The van der Waals surface area contributed by atoms with Crippen molar-refractivity contribution in [2.75, 3.05) is 13.1 Å². The van der Waals surface area contributed by atoms with E-state index in [4.69, 9.17) is 5.10 Å². The number of pyridine rings is 1. The van der Waals surface area contributed by atoms with Gasteiger partial charge in [-0.2, -0.15) is 5.10 Å². The maximum absolute atomic E-state index is 13.9. The third-order valence-electron chi connectivity index (χ3n) is 6.05. The van der Waals surface area contributed by atoms with E-state index >= 15 is 0 Å². The van der Waals surface area contributed by atoms with Gasteiger partial charge in [0.2, 0.25) is 0 Å². The van der Waals surface area contributed by atoms with Gasteiger partial charge < -0.3 is 4.90 Å². The molecule has 6 nitrogen and oxygen atoms in total. The molecule has 0 spiro atoms. The van der Waals surface area contributed by atoms with Crippen molar-refractivity contribution in [3.63, 3.8) is 0 Å². The van der Waals surface area contributed by atoms with Gasteiger partial charge in [0.1, 0.15) is 17.2 Å². The Hall–Kier alpha value is -3.22. The molecule has 7 heteroatoms. The van der Waals surface area contributed by atoms with Crippen molar-refractivity contribution in [3.8, 4) is 11.4 Å².